The molecule has 0 aliphatic rings. The highest BCUT2D eigenvalue weighted by Gasteiger charge is 2.05. The van der Waals surface area contributed by atoms with Gasteiger partial charge in [0.15, 0.2) is 0 Å². The summed E-state index contributed by atoms with van der Waals surface area (Å²) in [4.78, 5) is 21.6. The molecule has 0 rings (SSSR count). The van der Waals surface area contributed by atoms with Gasteiger partial charge in [-0.2, -0.15) is 0 Å². The first-order valence-electron chi connectivity index (χ1n) is 4.82. The van der Waals surface area contributed by atoms with Gasteiger partial charge in [0.25, 0.3) is 0 Å². The molecule has 0 aliphatic carbocycles. The maximum absolute atomic E-state index is 11.0. The zero-order valence-corrected chi connectivity index (χ0v) is 9.12. The average molecular weight is 215 g/mol. The summed E-state index contributed by atoms with van der Waals surface area (Å²) in [6.45, 7) is 7.14. The minimum absolute atomic E-state index is 0.0405. The summed E-state index contributed by atoms with van der Waals surface area (Å²) in [6.07, 6.45) is 1.39. The predicted molar refractivity (Wildman–Crippen MR) is 55.4 cm³/mol. The average Bonchev–Trinajstić information content (AvgIpc) is 2.23. The summed E-state index contributed by atoms with van der Waals surface area (Å²) in [5.74, 6) is -0.527. The van der Waals surface area contributed by atoms with E-state index in [9.17, 15) is 9.59 Å². The molecule has 5 nitrogen and oxygen atoms in total. The number of amides is 1. The van der Waals surface area contributed by atoms with E-state index in [0.29, 0.717) is 0 Å². The van der Waals surface area contributed by atoms with E-state index in [4.69, 9.17) is 4.74 Å². The molecule has 0 aromatic rings. The van der Waals surface area contributed by atoms with Crippen molar-refractivity contribution in [2.24, 2.45) is 0 Å². The lowest BCUT2D eigenvalue weighted by molar-refractivity contribution is -0.138. The number of carbonyl (C=O) groups excluding carboxylic acids is 2. The van der Waals surface area contributed by atoms with Crippen LogP contribution in [-0.4, -0.2) is 31.3 Å². The molecule has 0 aliphatic heterocycles. The second-order valence-electron chi connectivity index (χ2n) is 2.96. The van der Waals surface area contributed by atoms with Gasteiger partial charge in [0.05, 0.1) is 0 Å². The van der Waals surface area contributed by atoms with Crippen LogP contribution in [-0.2, 0) is 14.3 Å². The number of hydrogen-bond acceptors (Lipinski definition) is 4. The zero-order chi connectivity index (χ0) is 11.7. The van der Waals surface area contributed by atoms with Crippen LogP contribution >= 0.6 is 0 Å². The Morgan fingerprint density at radius 3 is 2.53 bits per heavy atom. The Kier molecular flexibility index (Phi) is 7.05. The fourth-order valence-electron chi connectivity index (χ4n) is 0.680. The van der Waals surface area contributed by atoms with Crippen LogP contribution in [0.1, 0.15) is 20.3 Å². The van der Waals surface area contributed by atoms with E-state index in [1.165, 1.54) is 0 Å². The van der Waals surface area contributed by atoms with Crippen molar-refractivity contribution < 1.29 is 19.1 Å². The van der Waals surface area contributed by atoms with Crippen LogP contribution in [0.5, 0.6) is 0 Å². The third kappa shape index (κ3) is 7.54. The Labute approximate surface area is 89.4 Å². The SMILES string of the molecule is C=CC(=O)OCCOC(=O)NC(C)CC. The van der Waals surface area contributed by atoms with E-state index in [0.717, 1.165) is 12.5 Å². The molecule has 0 saturated carbocycles. The molecule has 0 bridgehead atoms. The van der Waals surface area contributed by atoms with E-state index in [-0.39, 0.29) is 19.3 Å². The second kappa shape index (κ2) is 7.84. The minimum Gasteiger partial charge on any atom is -0.459 e. The van der Waals surface area contributed by atoms with Crippen molar-refractivity contribution in [3.05, 3.63) is 12.7 Å². The van der Waals surface area contributed by atoms with Crippen molar-refractivity contribution in [1.82, 2.24) is 5.32 Å². The van der Waals surface area contributed by atoms with Crippen molar-refractivity contribution in [3.8, 4) is 0 Å². The van der Waals surface area contributed by atoms with Crippen LogP contribution in [0.2, 0.25) is 0 Å². The quantitative estimate of drug-likeness (QED) is 0.411. The van der Waals surface area contributed by atoms with E-state index < -0.39 is 12.1 Å². The summed E-state index contributed by atoms with van der Waals surface area (Å²) in [5, 5.41) is 2.61. The highest BCUT2D eigenvalue weighted by atomic mass is 16.6. The Morgan fingerprint density at radius 2 is 2.00 bits per heavy atom. The van der Waals surface area contributed by atoms with Gasteiger partial charge in [-0.25, -0.2) is 9.59 Å². The van der Waals surface area contributed by atoms with Crippen LogP contribution in [0.3, 0.4) is 0 Å². The molecule has 0 heterocycles. The third-order valence-corrected chi connectivity index (χ3v) is 1.70. The zero-order valence-electron chi connectivity index (χ0n) is 9.12. The molecular weight excluding hydrogens is 198 g/mol. The molecule has 5 heteroatoms. The molecule has 0 saturated heterocycles. The van der Waals surface area contributed by atoms with Gasteiger partial charge in [0, 0.05) is 12.1 Å². The first-order chi connectivity index (χ1) is 7.10. The number of nitrogens with one attached hydrogen (secondary N) is 1. The molecule has 15 heavy (non-hydrogen) atoms. The number of ether oxygens (including phenoxy) is 2. The fourth-order valence-corrected chi connectivity index (χ4v) is 0.680. The number of esters is 1. The van der Waals surface area contributed by atoms with Gasteiger partial charge >= 0.3 is 12.1 Å². The molecule has 1 atom stereocenters. The molecule has 86 valence electrons. The van der Waals surface area contributed by atoms with Gasteiger partial charge in [-0.15, -0.1) is 0 Å². The monoisotopic (exact) mass is 215 g/mol. The number of alkyl carbamates (subject to hydrolysis) is 1. The first-order valence-corrected chi connectivity index (χ1v) is 4.82. The van der Waals surface area contributed by atoms with Crippen molar-refractivity contribution >= 4 is 12.1 Å². The van der Waals surface area contributed by atoms with E-state index in [1.807, 2.05) is 13.8 Å². The lowest BCUT2D eigenvalue weighted by Crippen LogP contribution is -2.33. The van der Waals surface area contributed by atoms with Gasteiger partial charge in [-0.05, 0) is 13.3 Å². The maximum Gasteiger partial charge on any atom is 0.407 e. The van der Waals surface area contributed by atoms with E-state index in [2.05, 4.69) is 16.6 Å². The van der Waals surface area contributed by atoms with Crippen LogP contribution in [0.4, 0.5) is 4.79 Å². The van der Waals surface area contributed by atoms with Gasteiger partial charge < -0.3 is 14.8 Å². The van der Waals surface area contributed by atoms with Gasteiger partial charge in [-0.3, -0.25) is 0 Å². The summed E-state index contributed by atoms with van der Waals surface area (Å²) >= 11 is 0. The maximum atomic E-state index is 11.0. The number of carbonyl (C=O) groups is 2. The summed E-state index contributed by atoms with van der Waals surface area (Å²) in [5.41, 5.74) is 0. The molecule has 0 radical (unpaired) electrons. The molecule has 1 amide bonds. The predicted octanol–water partition coefficient (Wildman–Crippen LogP) is 1.24. The Balaban J connectivity index is 3.47. The topological polar surface area (TPSA) is 64.6 Å². The normalized spacial score (nSPS) is 11.3. The van der Waals surface area contributed by atoms with Crippen molar-refractivity contribution in [2.45, 2.75) is 26.3 Å². The van der Waals surface area contributed by atoms with Gasteiger partial charge in [0.1, 0.15) is 13.2 Å². The minimum atomic E-state index is -0.527. The second-order valence-corrected chi connectivity index (χ2v) is 2.96. The molecule has 0 fully saturated rings. The first kappa shape index (κ1) is 13.5. The molecular formula is C10H17NO4. The standard InChI is InChI=1S/C10H17NO4/c1-4-8(3)11-10(13)15-7-6-14-9(12)5-2/h5,8H,2,4,6-7H2,1,3H3,(H,11,13). The van der Waals surface area contributed by atoms with Crippen LogP contribution < -0.4 is 5.32 Å². The number of hydrogen-bond donors (Lipinski definition) is 1. The Hall–Kier alpha value is -1.52. The highest BCUT2D eigenvalue weighted by molar-refractivity contribution is 5.81. The van der Waals surface area contributed by atoms with Gasteiger partial charge in [0.2, 0.25) is 0 Å². The molecule has 1 N–H and O–H groups in total. The summed E-state index contributed by atoms with van der Waals surface area (Å²) in [6, 6.07) is 0.0771. The fraction of sp³-hybridized carbons (Fsp3) is 0.600. The highest BCUT2D eigenvalue weighted by Crippen LogP contribution is 1.89. The van der Waals surface area contributed by atoms with Gasteiger partial charge in [-0.1, -0.05) is 13.5 Å². The third-order valence-electron chi connectivity index (χ3n) is 1.70. The van der Waals surface area contributed by atoms with Crippen LogP contribution in [0, 0.1) is 0 Å². The van der Waals surface area contributed by atoms with Crippen LogP contribution in [0.25, 0.3) is 0 Å². The smallest absolute Gasteiger partial charge is 0.407 e. The van der Waals surface area contributed by atoms with Crippen molar-refractivity contribution in [3.63, 3.8) is 0 Å². The Bertz CT molecular complexity index is 227. The van der Waals surface area contributed by atoms with E-state index in [1.54, 1.807) is 0 Å². The van der Waals surface area contributed by atoms with Crippen LogP contribution in [0.15, 0.2) is 12.7 Å². The lowest BCUT2D eigenvalue weighted by Gasteiger charge is -2.11. The summed E-state index contributed by atoms with van der Waals surface area (Å²) in [7, 11) is 0. The largest absolute Gasteiger partial charge is 0.459 e. The molecule has 0 aromatic carbocycles. The molecule has 1 unspecified atom stereocenters. The van der Waals surface area contributed by atoms with E-state index >= 15 is 0 Å². The molecule has 0 spiro atoms. The Morgan fingerprint density at radius 1 is 1.40 bits per heavy atom. The number of rotatable bonds is 6. The van der Waals surface area contributed by atoms with Crippen molar-refractivity contribution in [2.75, 3.05) is 13.2 Å². The molecule has 0 aromatic heterocycles. The lowest BCUT2D eigenvalue weighted by atomic mass is 10.3. The van der Waals surface area contributed by atoms with Crippen molar-refractivity contribution in [1.29, 1.82) is 0 Å². The summed E-state index contributed by atoms with van der Waals surface area (Å²) < 4.78 is 9.36.